The van der Waals surface area contributed by atoms with Crippen molar-refractivity contribution in [3.63, 3.8) is 0 Å². The van der Waals surface area contributed by atoms with Crippen molar-refractivity contribution in [2.45, 2.75) is 32.9 Å². The monoisotopic (exact) mass is 420 g/mol. The molecule has 0 amide bonds. The average molecular weight is 421 g/mol. The number of fused-ring (bicyclic) bond motifs is 1. The molecule has 0 radical (unpaired) electrons. The van der Waals surface area contributed by atoms with E-state index in [1.807, 2.05) is 22.6 Å². The standard InChI is InChI=1S/C14H14ClIN2O3/c1-14(2,3)21-11(19)7-18-6-9(16)13(20)12-10(18)4-8(15)5-17-12/h4-6H,7H2,1-3H3. The number of esters is 1. The van der Waals surface area contributed by atoms with Gasteiger partial charge in [-0.1, -0.05) is 11.6 Å². The molecule has 112 valence electrons. The normalized spacial score (nSPS) is 11.7. The van der Waals surface area contributed by atoms with Gasteiger partial charge in [0.1, 0.15) is 17.7 Å². The van der Waals surface area contributed by atoms with E-state index in [1.54, 1.807) is 37.6 Å². The van der Waals surface area contributed by atoms with Crippen LogP contribution in [0.4, 0.5) is 0 Å². The van der Waals surface area contributed by atoms with Gasteiger partial charge < -0.3 is 9.30 Å². The van der Waals surface area contributed by atoms with Gasteiger partial charge in [-0.3, -0.25) is 9.59 Å². The number of carbonyl (C=O) groups excluding carboxylic acids is 1. The number of carbonyl (C=O) groups is 1. The van der Waals surface area contributed by atoms with Crippen LogP contribution in [-0.2, 0) is 16.1 Å². The van der Waals surface area contributed by atoms with E-state index in [4.69, 9.17) is 16.3 Å². The van der Waals surface area contributed by atoms with E-state index in [1.165, 1.54) is 6.20 Å². The molecule has 0 aliphatic carbocycles. The lowest BCUT2D eigenvalue weighted by Gasteiger charge is -2.20. The van der Waals surface area contributed by atoms with Gasteiger partial charge in [0, 0.05) is 12.4 Å². The third-order valence-electron chi connectivity index (χ3n) is 2.56. The van der Waals surface area contributed by atoms with Gasteiger partial charge in [-0.2, -0.15) is 0 Å². The number of halogens is 2. The Morgan fingerprint density at radius 3 is 2.76 bits per heavy atom. The predicted octanol–water partition coefficient (Wildman–Crippen LogP) is 3.00. The van der Waals surface area contributed by atoms with Crippen LogP contribution in [0.25, 0.3) is 11.0 Å². The Bertz CT molecular complexity index is 765. The average Bonchev–Trinajstić information content (AvgIpc) is 2.33. The van der Waals surface area contributed by atoms with Gasteiger partial charge in [0.2, 0.25) is 5.43 Å². The fourth-order valence-corrected chi connectivity index (χ4v) is 2.59. The molecule has 0 aromatic carbocycles. The molecule has 5 nitrogen and oxygen atoms in total. The van der Waals surface area contributed by atoms with Crippen LogP contribution < -0.4 is 5.43 Å². The highest BCUT2D eigenvalue weighted by molar-refractivity contribution is 14.1. The molecule has 2 aromatic rings. The number of rotatable bonds is 2. The van der Waals surface area contributed by atoms with E-state index < -0.39 is 5.60 Å². The van der Waals surface area contributed by atoms with Crippen LogP contribution in [0, 0.1) is 3.57 Å². The molecule has 0 saturated carbocycles. The number of pyridine rings is 2. The molecule has 0 fully saturated rings. The minimum atomic E-state index is -0.561. The van der Waals surface area contributed by atoms with Crippen molar-refractivity contribution in [1.29, 1.82) is 0 Å². The van der Waals surface area contributed by atoms with Gasteiger partial charge in [-0.25, -0.2) is 4.98 Å². The van der Waals surface area contributed by atoms with Crippen LogP contribution in [0.2, 0.25) is 5.02 Å². The van der Waals surface area contributed by atoms with E-state index >= 15 is 0 Å². The largest absolute Gasteiger partial charge is 0.459 e. The van der Waals surface area contributed by atoms with Gasteiger partial charge in [-0.15, -0.1) is 0 Å². The van der Waals surface area contributed by atoms with Crippen molar-refractivity contribution in [3.05, 3.63) is 37.3 Å². The van der Waals surface area contributed by atoms with Crippen molar-refractivity contribution < 1.29 is 9.53 Å². The van der Waals surface area contributed by atoms with Crippen LogP contribution in [0.15, 0.2) is 23.3 Å². The smallest absolute Gasteiger partial charge is 0.326 e. The highest BCUT2D eigenvalue weighted by Gasteiger charge is 2.18. The summed E-state index contributed by atoms with van der Waals surface area (Å²) in [6, 6.07) is 1.62. The summed E-state index contributed by atoms with van der Waals surface area (Å²) in [5, 5.41) is 0.404. The maximum Gasteiger partial charge on any atom is 0.326 e. The summed E-state index contributed by atoms with van der Waals surface area (Å²) in [4.78, 5) is 28.1. The quantitative estimate of drug-likeness (QED) is 0.553. The van der Waals surface area contributed by atoms with Crippen molar-refractivity contribution in [3.8, 4) is 0 Å². The summed E-state index contributed by atoms with van der Waals surface area (Å²) in [6.45, 7) is 5.40. The van der Waals surface area contributed by atoms with Gasteiger partial charge in [-0.05, 0) is 49.4 Å². The zero-order valence-electron chi connectivity index (χ0n) is 11.8. The first kappa shape index (κ1) is 16.2. The zero-order chi connectivity index (χ0) is 15.8. The molecular formula is C14H14ClIN2O3. The molecular weight excluding hydrogens is 407 g/mol. The molecule has 2 heterocycles. The Kier molecular flexibility index (Phi) is 4.57. The molecule has 0 bridgehead atoms. The maximum absolute atomic E-state index is 12.1. The third kappa shape index (κ3) is 3.94. The van der Waals surface area contributed by atoms with Gasteiger partial charge in [0.25, 0.3) is 0 Å². The number of aromatic nitrogens is 2. The topological polar surface area (TPSA) is 61.2 Å². The lowest BCUT2D eigenvalue weighted by atomic mass is 10.2. The third-order valence-corrected chi connectivity index (χ3v) is 3.54. The Balaban J connectivity index is 2.49. The molecule has 0 aliphatic heterocycles. The minimum Gasteiger partial charge on any atom is -0.459 e. The highest BCUT2D eigenvalue weighted by Crippen LogP contribution is 2.17. The van der Waals surface area contributed by atoms with Gasteiger partial charge in [0.15, 0.2) is 0 Å². The van der Waals surface area contributed by atoms with E-state index in [9.17, 15) is 9.59 Å². The summed E-state index contributed by atoms with van der Waals surface area (Å²) in [5.74, 6) is -0.386. The van der Waals surface area contributed by atoms with E-state index in [-0.39, 0.29) is 23.5 Å². The summed E-state index contributed by atoms with van der Waals surface area (Å²) >= 11 is 7.85. The second kappa shape index (κ2) is 5.92. The van der Waals surface area contributed by atoms with Crippen LogP contribution in [-0.4, -0.2) is 21.1 Å². The van der Waals surface area contributed by atoms with Gasteiger partial charge >= 0.3 is 5.97 Å². The number of hydrogen-bond acceptors (Lipinski definition) is 4. The second-order valence-corrected chi connectivity index (χ2v) is 7.14. The van der Waals surface area contributed by atoms with E-state index in [0.717, 1.165) is 0 Å². The molecule has 7 heteroatoms. The Morgan fingerprint density at radius 1 is 1.48 bits per heavy atom. The molecule has 0 atom stereocenters. The number of ether oxygens (including phenoxy) is 1. The van der Waals surface area contributed by atoms with Crippen LogP contribution in [0.5, 0.6) is 0 Å². The zero-order valence-corrected chi connectivity index (χ0v) is 14.7. The van der Waals surface area contributed by atoms with Crippen LogP contribution >= 0.6 is 34.2 Å². The van der Waals surface area contributed by atoms with E-state index in [2.05, 4.69) is 4.98 Å². The Morgan fingerprint density at radius 2 is 2.14 bits per heavy atom. The first-order valence-corrected chi connectivity index (χ1v) is 7.69. The molecule has 0 N–H and O–H groups in total. The highest BCUT2D eigenvalue weighted by atomic mass is 127. The van der Waals surface area contributed by atoms with E-state index in [0.29, 0.717) is 14.1 Å². The lowest BCUT2D eigenvalue weighted by Crippen LogP contribution is -2.27. The summed E-state index contributed by atoms with van der Waals surface area (Å²) in [5.41, 5.74) is 0.0611. The van der Waals surface area contributed by atoms with Crippen molar-refractivity contribution in [2.75, 3.05) is 0 Å². The Hall–Kier alpha value is -1.15. The van der Waals surface area contributed by atoms with Crippen LogP contribution in [0.3, 0.4) is 0 Å². The van der Waals surface area contributed by atoms with Crippen LogP contribution in [0.1, 0.15) is 20.8 Å². The second-order valence-electron chi connectivity index (χ2n) is 5.54. The lowest BCUT2D eigenvalue weighted by molar-refractivity contribution is -0.155. The predicted molar refractivity (Wildman–Crippen MR) is 89.6 cm³/mol. The molecule has 0 spiro atoms. The first-order chi connectivity index (χ1) is 9.67. The summed E-state index contributed by atoms with van der Waals surface area (Å²) in [6.07, 6.45) is 3.02. The Labute approximate surface area is 140 Å². The summed E-state index contributed by atoms with van der Waals surface area (Å²) < 4.78 is 7.41. The molecule has 0 unspecified atom stereocenters. The SMILES string of the molecule is CC(C)(C)OC(=O)Cn1cc(I)c(=O)c2ncc(Cl)cc21. The van der Waals surface area contributed by atoms with Crippen molar-refractivity contribution >= 4 is 51.2 Å². The fourth-order valence-electron chi connectivity index (χ4n) is 1.84. The maximum atomic E-state index is 12.1. The summed E-state index contributed by atoms with van der Waals surface area (Å²) in [7, 11) is 0. The number of nitrogens with zero attached hydrogens (tertiary/aromatic N) is 2. The molecule has 0 aliphatic rings. The molecule has 2 aromatic heterocycles. The first-order valence-electron chi connectivity index (χ1n) is 6.23. The molecule has 21 heavy (non-hydrogen) atoms. The van der Waals surface area contributed by atoms with Gasteiger partial charge in [0.05, 0.1) is 14.1 Å². The van der Waals surface area contributed by atoms with Crippen molar-refractivity contribution in [1.82, 2.24) is 9.55 Å². The number of hydrogen-bond donors (Lipinski definition) is 0. The van der Waals surface area contributed by atoms with Crippen molar-refractivity contribution in [2.24, 2.45) is 0 Å². The minimum absolute atomic E-state index is 0.00786. The fraction of sp³-hybridized carbons (Fsp3) is 0.357. The molecule has 2 rings (SSSR count). The molecule has 0 saturated heterocycles.